The predicted octanol–water partition coefficient (Wildman–Crippen LogP) is -3.40. The van der Waals surface area contributed by atoms with E-state index in [9.17, 15) is 0 Å². The number of benzene rings is 6. The normalized spacial score (nSPS) is 11.7. The summed E-state index contributed by atoms with van der Waals surface area (Å²) in [7, 11) is 71.0. The lowest BCUT2D eigenvalue weighted by Gasteiger charge is -2.20. The van der Waals surface area contributed by atoms with Crippen LogP contribution in [0.5, 0.6) is 0 Å². The van der Waals surface area contributed by atoms with Crippen LogP contribution in [-0.4, -0.2) is 106 Å². The van der Waals surface area contributed by atoms with Crippen molar-refractivity contribution in [2.75, 3.05) is 0 Å². The fourth-order valence-electron chi connectivity index (χ4n) is 7.41. The number of para-hydroxylation sites is 1. The quantitative estimate of drug-likeness (QED) is 0.183. The lowest BCUT2D eigenvalue weighted by molar-refractivity contribution is 0.669. The summed E-state index contributed by atoms with van der Waals surface area (Å²) in [5, 5.41) is 2.52. The van der Waals surface area contributed by atoms with E-state index < -0.39 is 0 Å². The molecular formula is C39H13B11N4O. The van der Waals surface area contributed by atoms with Gasteiger partial charge in [-0.25, -0.2) is 15.0 Å². The molecule has 0 unspecified atom stereocenters. The molecule has 9 rings (SSSR count). The second-order valence-electron chi connectivity index (χ2n) is 13.3. The predicted molar refractivity (Wildman–Crippen MR) is 237 cm³/mol. The molecule has 0 amide bonds. The van der Waals surface area contributed by atoms with Crippen molar-refractivity contribution >= 4 is 190 Å². The van der Waals surface area contributed by atoms with Crippen LogP contribution in [0.4, 0.5) is 0 Å². The maximum absolute atomic E-state index is 6.72. The van der Waals surface area contributed by atoms with E-state index in [0.717, 1.165) is 10.8 Å². The monoisotopic (exact) mass is 674 g/mol. The zero-order chi connectivity index (χ0) is 38.6. The Balaban J connectivity index is 1.37. The Bertz CT molecular complexity index is 3030. The number of fused-ring (bicyclic) bond motifs is 6. The van der Waals surface area contributed by atoms with Crippen molar-refractivity contribution in [3.63, 3.8) is 0 Å². The average Bonchev–Trinajstić information content (AvgIpc) is 3.76. The zero-order valence-corrected chi connectivity index (χ0v) is 29.1. The van der Waals surface area contributed by atoms with Gasteiger partial charge in [0.25, 0.3) is 0 Å². The second kappa shape index (κ2) is 12.9. The van der Waals surface area contributed by atoms with E-state index in [2.05, 4.69) is 0 Å². The Morgan fingerprint density at radius 3 is 1.62 bits per heavy atom. The number of aromatic nitrogens is 4. The molecule has 0 aliphatic rings. The molecule has 22 radical (unpaired) electrons. The summed E-state index contributed by atoms with van der Waals surface area (Å²) in [5.41, 5.74) is 6.54. The fraction of sp³-hybridized carbons (Fsp3) is 0. The van der Waals surface area contributed by atoms with Gasteiger partial charge in [-0.1, -0.05) is 93.4 Å². The Morgan fingerprint density at radius 2 is 1.00 bits per heavy atom. The highest BCUT2D eigenvalue weighted by atomic mass is 16.3. The van der Waals surface area contributed by atoms with E-state index in [1.807, 2.05) is 71.3 Å². The van der Waals surface area contributed by atoms with Crippen LogP contribution in [0.2, 0.25) is 0 Å². The lowest BCUT2D eigenvalue weighted by Crippen LogP contribution is -2.55. The SMILES string of the molecule is [B]c1cc([B])c2c(c1[B])c1c([B])c([B])cc([B])c1n2-c1cccc2oc3c(-c4nc(-c5ccccc5)nc(-c5c([B])c([B])c([B])c([B])c5[B])n4)cccc3c12. The summed E-state index contributed by atoms with van der Waals surface area (Å²) >= 11 is 0. The minimum Gasteiger partial charge on any atom is -0.455 e. The molecule has 0 N–H and O–H groups in total. The van der Waals surface area contributed by atoms with Crippen molar-refractivity contribution < 1.29 is 4.42 Å². The highest BCUT2D eigenvalue weighted by Gasteiger charge is 2.25. The Hall–Kier alpha value is -5.36. The molecule has 228 valence electrons. The third-order valence-corrected chi connectivity index (χ3v) is 10.1. The maximum Gasteiger partial charge on any atom is 0.167 e. The van der Waals surface area contributed by atoms with Gasteiger partial charge in [0.1, 0.15) is 97.5 Å². The van der Waals surface area contributed by atoms with E-state index in [4.69, 9.17) is 106 Å². The summed E-state index contributed by atoms with van der Waals surface area (Å²) < 4.78 is 8.59. The first-order valence-corrected chi connectivity index (χ1v) is 16.9. The summed E-state index contributed by atoms with van der Waals surface area (Å²) in [4.78, 5) is 14.6. The van der Waals surface area contributed by atoms with Gasteiger partial charge in [-0.2, -0.15) is 0 Å². The number of hydrogen-bond donors (Lipinski definition) is 0. The maximum atomic E-state index is 6.72. The van der Waals surface area contributed by atoms with Crippen molar-refractivity contribution in [2.45, 2.75) is 0 Å². The van der Waals surface area contributed by atoms with Crippen molar-refractivity contribution in [3.8, 4) is 39.9 Å². The summed E-state index contributed by atoms with van der Waals surface area (Å²) in [6, 6.07) is 23.9. The molecule has 0 bridgehead atoms. The van der Waals surface area contributed by atoms with Crippen LogP contribution in [0.3, 0.4) is 0 Å². The van der Waals surface area contributed by atoms with Crippen LogP contribution in [0, 0.1) is 0 Å². The van der Waals surface area contributed by atoms with Crippen LogP contribution in [0.15, 0.2) is 83.3 Å². The van der Waals surface area contributed by atoms with Crippen LogP contribution >= 0.6 is 0 Å². The van der Waals surface area contributed by atoms with Crippen LogP contribution in [0.1, 0.15) is 0 Å². The molecule has 5 nitrogen and oxygen atoms in total. The smallest absolute Gasteiger partial charge is 0.167 e. The van der Waals surface area contributed by atoms with Gasteiger partial charge < -0.3 is 8.98 Å². The highest BCUT2D eigenvalue weighted by molar-refractivity contribution is 6.69. The van der Waals surface area contributed by atoms with Crippen LogP contribution in [0.25, 0.3) is 83.6 Å². The van der Waals surface area contributed by atoms with E-state index in [-0.39, 0.29) is 44.5 Å². The van der Waals surface area contributed by atoms with Gasteiger partial charge >= 0.3 is 0 Å². The molecular weight excluding hydrogens is 659 g/mol. The third kappa shape index (κ3) is 5.20. The third-order valence-electron chi connectivity index (χ3n) is 10.1. The van der Waals surface area contributed by atoms with Gasteiger partial charge in [0, 0.05) is 27.5 Å². The largest absolute Gasteiger partial charge is 0.455 e. The Labute approximate surface area is 331 Å². The first kappa shape index (κ1) is 35.4. The van der Waals surface area contributed by atoms with Crippen molar-refractivity contribution in [1.29, 1.82) is 0 Å². The van der Waals surface area contributed by atoms with Gasteiger partial charge in [-0.15, -0.1) is 27.3 Å². The summed E-state index contributed by atoms with van der Waals surface area (Å²) in [5.74, 6) is 0.739. The first-order chi connectivity index (χ1) is 26.4. The topological polar surface area (TPSA) is 56.7 Å². The molecule has 0 aliphatic heterocycles. The molecule has 16 heteroatoms. The molecule has 9 aromatic rings. The molecule has 0 aliphatic carbocycles. The molecule has 3 heterocycles. The molecule has 0 spiro atoms. The summed E-state index contributed by atoms with van der Waals surface area (Å²) in [6.45, 7) is 0. The second-order valence-corrected chi connectivity index (χ2v) is 13.3. The standard InChI is InChI=1S/C39H13B11N4O/c40-17-12-19(42)34-24(27(17)44)25-28(45)18(41)13-20(43)35(25)54(34)21-10-5-11-22-23(21)15-8-4-9-16(36(15)55-22)38-51-37(14-6-2-1-3-7-14)52-39(53-38)26-29(46)31(48)33(50)32(49)30(26)47/h1-13H. The van der Waals surface area contributed by atoms with Gasteiger partial charge in [0.2, 0.25) is 0 Å². The van der Waals surface area contributed by atoms with Crippen molar-refractivity contribution in [1.82, 2.24) is 19.5 Å². The molecule has 6 aromatic carbocycles. The number of furan rings is 1. The van der Waals surface area contributed by atoms with Crippen molar-refractivity contribution in [2.24, 2.45) is 0 Å². The van der Waals surface area contributed by atoms with E-state index in [1.54, 1.807) is 12.1 Å². The number of hydrogen-bond acceptors (Lipinski definition) is 4. The zero-order valence-electron chi connectivity index (χ0n) is 29.1. The van der Waals surface area contributed by atoms with Gasteiger partial charge in [0.15, 0.2) is 17.5 Å². The summed E-state index contributed by atoms with van der Waals surface area (Å²) in [6.07, 6.45) is 0. The van der Waals surface area contributed by atoms with Gasteiger partial charge in [-0.05, 0) is 29.0 Å². The lowest BCUT2D eigenvalue weighted by atomic mass is 9.60. The molecule has 0 saturated heterocycles. The highest BCUT2D eigenvalue weighted by Crippen LogP contribution is 2.40. The molecule has 0 atom stereocenters. The molecule has 55 heavy (non-hydrogen) atoms. The van der Waals surface area contributed by atoms with Gasteiger partial charge in [-0.3, -0.25) is 0 Å². The molecule has 3 aromatic heterocycles. The van der Waals surface area contributed by atoms with Crippen LogP contribution in [-0.2, 0) is 0 Å². The Kier molecular flexibility index (Phi) is 8.27. The van der Waals surface area contributed by atoms with Crippen molar-refractivity contribution in [3.05, 3.63) is 78.9 Å². The number of rotatable bonds is 4. The Morgan fingerprint density at radius 1 is 0.455 bits per heavy atom. The average molecular weight is 672 g/mol. The van der Waals surface area contributed by atoms with Crippen LogP contribution < -0.4 is 60.1 Å². The minimum atomic E-state index is 0.0667. The first-order valence-electron chi connectivity index (χ1n) is 16.9. The number of nitrogens with zero attached hydrogens (tertiary/aromatic N) is 4. The fourth-order valence-corrected chi connectivity index (χ4v) is 7.41. The van der Waals surface area contributed by atoms with Gasteiger partial charge in [0.05, 0.1) is 16.6 Å². The van der Waals surface area contributed by atoms with E-state index >= 15 is 0 Å². The van der Waals surface area contributed by atoms with E-state index in [0.29, 0.717) is 88.4 Å². The molecule has 0 saturated carbocycles. The molecule has 0 fully saturated rings. The van der Waals surface area contributed by atoms with E-state index in [1.165, 1.54) is 0 Å². The minimum absolute atomic E-state index is 0.0667.